The monoisotopic (exact) mass is 339 g/mol. The molecule has 1 N–H and O–H groups in total. The van der Waals surface area contributed by atoms with Gasteiger partial charge in [-0.25, -0.2) is 4.68 Å². The summed E-state index contributed by atoms with van der Waals surface area (Å²) in [6.45, 7) is 2.04. The molecule has 0 aliphatic rings. The molecule has 0 spiro atoms. The fourth-order valence-electron chi connectivity index (χ4n) is 2.54. The van der Waals surface area contributed by atoms with Crippen LogP contribution < -0.4 is 5.32 Å². The van der Waals surface area contributed by atoms with Crippen LogP contribution in [0.1, 0.15) is 35.3 Å². The minimum atomic E-state index is -0.0937. The maximum absolute atomic E-state index is 12.5. The average molecular weight is 340 g/mol. The van der Waals surface area contributed by atoms with Crippen molar-refractivity contribution in [1.82, 2.24) is 15.1 Å². The predicted molar refractivity (Wildman–Crippen MR) is 95.5 cm³/mol. The zero-order chi connectivity index (χ0) is 16.9. The van der Waals surface area contributed by atoms with Crippen LogP contribution in [0.5, 0.6) is 0 Å². The molecule has 0 aliphatic heterocycles. The SMILES string of the molecule is CCC(NC(=O)c1ccc(-n2cccn2)cc1)c1ccc(Cl)cc1. The summed E-state index contributed by atoms with van der Waals surface area (Å²) in [5.74, 6) is -0.0937. The second-order valence-electron chi connectivity index (χ2n) is 5.48. The first kappa shape index (κ1) is 16.3. The average Bonchev–Trinajstić information content (AvgIpc) is 3.15. The molecule has 4 nitrogen and oxygen atoms in total. The Kier molecular flexibility index (Phi) is 4.96. The molecule has 1 aromatic heterocycles. The second kappa shape index (κ2) is 7.32. The van der Waals surface area contributed by atoms with Crippen LogP contribution in [0, 0.1) is 0 Å². The van der Waals surface area contributed by atoms with Crippen LogP contribution in [-0.4, -0.2) is 15.7 Å². The maximum atomic E-state index is 12.5. The van der Waals surface area contributed by atoms with E-state index in [9.17, 15) is 4.79 Å². The van der Waals surface area contributed by atoms with Crippen molar-refractivity contribution >= 4 is 17.5 Å². The third-order valence-corrected chi connectivity index (χ3v) is 4.14. The molecule has 0 saturated heterocycles. The molecule has 1 atom stereocenters. The molecule has 3 rings (SSSR count). The van der Waals surface area contributed by atoms with Crippen molar-refractivity contribution in [1.29, 1.82) is 0 Å². The largest absolute Gasteiger partial charge is 0.345 e. The highest BCUT2D eigenvalue weighted by Crippen LogP contribution is 2.20. The molecule has 0 aliphatic carbocycles. The van der Waals surface area contributed by atoms with Crippen molar-refractivity contribution in [3.63, 3.8) is 0 Å². The van der Waals surface area contributed by atoms with Crippen LogP contribution in [-0.2, 0) is 0 Å². The molecular weight excluding hydrogens is 322 g/mol. The summed E-state index contributed by atoms with van der Waals surface area (Å²) < 4.78 is 1.75. The summed E-state index contributed by atoms with van der Waals surface area (Å²) in [6.07, 6.45) is 4.39. The van der Waals surface area contributed by atoms with Crippen molar-refractivity contribution in [2.45, 2.75) is 19.4 Å². The summed E-state index contributed by atoms with van der Waals surface area (Å²) in [5.41, 5.74) is 2.59. The molecule has 0 saturated carbocycles. The Hall–Kier alpha value is -2.59. The van der Waals surface area contributed by atoms with Crippen molar-refractivity contribution < 1.29 is 4.79 Å². The second-order valence-corrected chi connectivity index (χ2v) is 5.92. The molecular formula is C19H18ClN3O. The molecule has 1 heterocycles. The number of nitrogens with one attached hydrogen (secondary N) is 1. The Balaban J connectivity index is 1.72. The first-order chi connectivity index (χ1) is 11.7. The van der Waals surface area contributed by atoms with E-state index in [-0.39, 0.29) is 11.9 Å². The van der Waals surface area contributed by atoms with Crippen molar-refractivity contribution in [2.24, 2.45) is 0 Å². The van der Waals surface area contributed by atoms with Crippen molar-refractivity contribution in [2.75, 3.05) is 0 Å². The number of nitrogens with zero attached hydrogens (tertiary/aromatic N) is 2. The third kappa shape index (κ3) is 3.66. The van der Waals surface area contributed by atoms with Gasteiger partial charge in [-0.15, -0.1) is 0 Å². The quantitative estimate of drug-likeness (QED) is 0.748. The zero-order valence-electron chi connectivity index (χ0n) is 13.3. The molecule has 1 amide bonds. The summed E-state index contributed by atoms with van der Waals surface area (Å²) in [7, 11) is 0. The van der Waals surface area contributed by atoms with Crippen LogP contribution >= 0.6 is 11.6 Å². The van der Waals surface area contributed by atoms with Crippen LogP contribution in [0.15, 0.2) is 67.0 Å². The summed E-state index contributed by atoms with van der Waals surface area (Å²) >= 11 is 5.92. The van der Waals surface area contributed by atoms with E-state index in [1.165, 1.54) is 0 Å². The smallest absolute Gasteiger partial charge is 0.251 e. The van der Waals surface area contributed by atoms with E-state index in [2.05, 4.69) is 10.4 Å². The lowest BCUT2D eigenvalue weighted by atomic mass is 10.0. The van der Waals surface area contributed by atoms with Crippen molar-refractivity contribution in [3.8, 4) is 5.69 Å². The number of rotatable bonds is 5. The van der Waals surface area contributed by atoms with Crippen LogP contribution in [0.4, 0.5) is 0 Å². The lowest BCUT2D eigenvalue weighted by Gasteiger charge is -2.17. The molecule has 1 unspecified atom stereocenters. The van der Waals surface area contributed by atoms with Crippen LogP contribution in [0.25, 0.3) is 5.69 Å². The lowest BCUT2D eigenvalue weighted by molar-refractivity contribution is 0.0935. The van der Waals surface area contributed by atoms with Gasteiger partial charge in [-0.2, -0.15) is 5.10 Å². The zero-order valence-corrected chi connectivity index (χ0v) is 14.1. The van der Waals surface area contributed by atoms with Gasteiger partial charge in [0.25, 0.3) is 5.91 Å². The Morgan fingerprint density at radius 3 is 2.46 bits per heavy atom. The van der Waals surface area contributed by atoms with E-state index in [0.717, 1.165) is 17.7 Å². The lowest BCUT2D eigenvalue weighted by Crippen LogP contribution is -2.28. The maximum Gasteiger partial charge on any atom is 0.251 e. The normalized spacial score (nSPS) is 11.9. The Labute approximate surface area is 146 Å². The van der Waals surface area contributed by atoms with Gasteiger partial charge in [0, 0.05) is 23.0 Å². The Morgan fingerprint density at radius 2 is 1.88 bits per heavy atom. The summed E-state index contributed by atoms with van der Waals surface area (Å²) in [4.78, 5) is 12.5. The van der Waals surface area contributed by atoms with Crippen molar-refractivity contribution in [3.05, 3.63) is 83.1 Å². The highest BCUT2D eigenvalue weighted by molar-refractivity contribution is 6.30. The van der Waals surface area contributed by atoms with Gasteiger partial charge >= 0.3 is 0 Å². The van der Waals surface area contributed by atoms with Gasteiger partial charge in [0.15, 0.2) is 0 Å². The molecule has 0 fully saturated rings. The number of benzene rings is 2. The van der Waals surface area contributed by atoms with E-state index in [1.807, 2.05) is 55.6 Å². The highest BCUT2D eigenvalue weighted by Gasteiger charge is 2.14. The number of aromatic nitrogens is 2. The molecule has 2 aromatic carbocycles. The number of hydrogen-bond acceptors (Lipinski definition) is 2. The van der Waals surface area contributed by atoms with E-state index in [0.29, 0.717) is 10.6 Å². The molecule has 0 bridgehead atoms. The topological polar surface area (TPSA) is 46.9 Å². The first-order valence-electron chi connectivity index (χ1n) is 7.84. The number of amides is 1. The fraction of sp³-hybridized carbons (Fsp3) is 0.158. The van der Waals surface area contributed by atoms with Crippen LogP contribution in [0.2, 0.25) is 5.02 Å². The van der Waals surface area contributed by atoms with E-state index >= 15 is 0 Å². The fourth-order valence-corrected chi connectivity index (χ4v) is 2.67. The number of halogens is 1. The minimum absolute atomic E-state index is 0.0411. The molecule has 122 valence electrons. The molecule has 0 radical (unpaired) electrons. The van der Waals surface area contributed by atoms with Gasteiger partial charge < -0.3 is 5.32 Å². The van der Waals surface area contributed by atoms with Gasteiger partial charge in [-0.05, 0) is 54.4 Å². The number of carbonyl (C=O) groups is 1. The molecule has 5 heteroatoms. The molecule has 3 aromatic rings. The highest BCUT2D eigenvalue weighted by atomic mass is 35.5. The van der Waals surface area contributed by atoms with E-state index in [1.54, 1.807) is 23.0 Å². The summed E-state index contributed by atoms with van der Waals surface area (Å²) in [6, 6.07) is 16.8. The van der Waals surface area contributed by atoms with Gasteiger partial charge in [-0.3, -0.25) is 4.79 Å². The number of hydrogen-bond donors (Lipinski definition) is 1. The van der Waals surface area contributed by atoms with Gasteiger partial charge in [0.2, 0.25) is 0 Å². The number of carbonyl (C=O) groups excluding carboxylic acids is 1. The van der Waals surface area contributed by atoms with Crippen LogP contribution in [0.3, 0.4) is 0 Å². The first-order valence-corrected chi connectivity index (χ1v) is 8.21. The standard InChI is InChI=1S/C19H18ClN3O/c1-2-18(14-4-8-16(20)9-5-14)22-19(24)15-6-10-17(11-7-15)23-13-3-12-21-23/h3-13,18H,2H2,1H3,(H,22,24). The predicted octanol–water partition coefficient (Wildman–Crippen LogP) is 4.41. The Bertz CT molecular complexity index is 796. The van der Waals surface area contributed by atoms with Gasteiger partial charge in [0.1, 0.15) is 0 Å². The van der Waals surface area contributed by atoms with E-state index in [4.69, 9.17) is 11.6 Å². The Morgan fingerprint density at radius 1 is 1.17 bits per heavy atom. The molecule has 24 heavy (non-hydrogen) atoms. The van der Waals surface area contributed by atoms with E-state index < -0.39 is 0 Å². The minimum Gasteiger partial charge on any atom is -0.345 e. The van der Waals surface area contributed by atoms with Gasteiger partial charge in [0.05, 0.1) is 11.7 Å². The van der Waals surface area contributed by atoms with Gasteiger partial charge in [-0.1, -0.05) is 30.7 Å². The summed E-state index contributed by atoms with van der Waals surface area (Å²) in [5, 5.41) is 7.93. The third-order valence-electron chi connectivity index (χ3n) is 3.88.